The Morgan fingerprint density at radius 1 is 1.00 bits per heavy atom. The van der Waals surface area contributed by atoms with Crippen molar-refractivity contribution in [3.63, 3.8) is 0 Å². The molecule has 2 fully saturated rings. The number of hydrogen-bond acceptors (Lipinski definition) is 6. The van der Waals surface area contributed by atoms with Gasteiger partial charge in [0.25, 0.3) is 10.0 Å². The van der Waals surface area contributed by atoms with Crippen LogP contribution in [0, 0.1) is 0 Å². The van der Waals surface area contributed by atoms with Crippen LogP contribution >= 0.6 is 0 Å². The van der Waals surface area contributed by atoms with E-state index in [4.69, 9.17) is 9.47 Å². The van der Waals surface area contributed by atoms with E-state index in [2.05, 4.69) is 14.9 Å². The highest BCUT2D eigenvalue weighted by atomic mass is 32.2. The molecule has 4 rings (SSSR count). The van der Waals surface area contributed by atoms with Gasteiger partial charge in [-0.1, -0.05) is 12.1 Å². The third kappa shape index (κ3) is 4.43. The van der Waals surface area contributed by atoms with Gasteiger partial charge in [-0.25, -0.2) is 8.42 Å². The van der Waals surface area contributed by atoms with Gasteiger partial charge in [0.15, 0.2) is 5.79 Å². The fourth-order valence-corrected chi connectivity index (χ4v) is 4.91. The number of ether oxygens (including phenoxy) is 2. The summed E-state index contributed by atoms with van der Waals surface area (Å²) in [4.78, 5) is 13.4. The molecular formula is C21H25N3O5S. The summed E-state index contributed by atoms with van der Waals surface area (Å²) >= 11 is 0. The third-order valence-electron chi connectivity index (χ3n) is 5.31. The van der Waals surface area contributed by atoms with Crippen LogP contribution in [0.15, 0.2) is 53.4 Å². The first-order valence-corrected chi connectivity index (χ1v) is 11.4. The standard InChI is InChI=1S/C21H25N3O5S/c1-16(25)22-17-6-8-18(9-7-17)30(26,27)23-19-4-2-3-5-20(19)24-12-10-21(11-13-24)28-14-15-29-21/h2-9,23H,10-15H2,1H3,(H,22,25). The smallest absolute Gasteiger partial charge is 0.261 e. The summed E-state index contributed by atoms with van der Waals surface area (Å²) in [6.07, 6.45) is 1.47. The van der Waals surface area contributed by atoms with Crippen molar-refractivity contribution >= 4 is 33.0 Å². The van der Waals surface area contributed by atoms with Crippen molar-refractivity contribution in [2.45, 2.75) is 30.4 Å². The average molecular weight is 432 g/mol. The van der Waals surface area contributed by atoms with Gasteiger partial charge in [-0.3, -0.25) is 9.52 Å². The Hall–Kier alpha value is -2.62. The summed E-state index contributed by atoms with van der Waals surface area (Å²) in [5.41, 5.74) is 1.89. The number of anilines is 3. The van der Waals surface area contributed by atoms with Crippen LogP contribution < -0.4 is 14.9 Å². The monoisotopic (exact) mass is 431 g/mol. The molecule has 1 spiro atoms. The lowest BCUT2D eigenvalue weighted by Gasteiger charge is -2.39. The highest BCUT2D eigenvalue weighted by Crippen LogP contribution is 2.36. The van der Waals surface area contributed by atoms with Crippen LogP contribution in [0.2, 0.25) is 0 Å². The van der Waals surface area contributed by atoms with Gasteiger partial charge in [-0.05, 0) is 36.4 Å². The van der Waals surface area contributed by atoms with Gasteiger partial charge in [0.1, 0.15) is 0 Å². The van der Waals surface area contributed by atoms with Crippen LogP contribution in [-0.2, 0) is 24.3 Å². The Morgan fingerprint density at radius 3 is 2.27 bits per heavy atom. The summed E-state index contributed by atoms with van der Waals surface area (Å²) in [6, 6.07) is 13.4. The van der Waals surface area contributed by atoms with Crippen LogP contribution in [-0.4, -0.2) is 46.4 Å². The molecule has 2 saturated heterocycles. The first kappa shape index (κ1) is 20.6. The second kappa shape index (κ2) is 8.25. The molecular weight excluding hydrogens is 406 g/mol. The number of carbonyl (C=O) groups excluding carboxylic acids is 1. The van der Waals surface area contributed by atoms with Crippen LogP contribution in [0.5, 0.6) is 0 Å². The largest absolute Gasteiger partial charge is 0.369 e. The fourth-order valence-electron chi connectivity index (χ4n) is 3.83. The molecule has 30 heavy (non-hydrogen) atoms. The number of nitrogens with one attached hydrogen (secondary N) is 2. The Morgan fingerprint density at radius 2 is 1.63 bits per heavy atom. The fraction of sp³-hybridized carbons (Fsp3) is 0.381. The van der Waals surface area contributed by atoms with Crippen molar-refractivity contribution < 1.29 is 22.7 Å². The quantitative estimate of drug-likeness (QED) is 0.756. The summed E-state index contributed by atoms with van der Waals surface area (Å²) < 4.78 is 40.1. The molecule has 0 aliphatic carbocycles. The van der Waals surface area contributed by atoms with Gasteiger partial charge in [0.2, 0.25) is 5.91 Å². The number of benzene rings is 2. The second-order valence-electron chi connectivity index (χ2n) is 7.42. The van der Waals surface area contributed by atoms with Crippen LogP contribution in [0.3, 0.4) is 0 Å². The number of carbonyl (C=O) groups is 1. The Bertz CT molecular complexity index is 1010. The maximum atomic E-state index is 12.9. The van der Waals surface area contributed by atoms with Crippen molar-refractivity contribution in [3.05, 3.63) is 48.5 Å². The predicted molar refractivity (Wildman–Crippen MR) is 114 cm³/mol. The Labute approximate surface area is 176 Å². The summed E-state index contributed by atoms with van der Waals surface area (Å²) in [5, 5.41) is 2.62. The summed E-state index contributed by atoms with van der Waals surface area (Å²) in [5.74, 6) is -0.699. The van der Waals surface area contributed by atoms with E-state index in [0.29, 0.717) is 37.7 Å². The summed E-state index contributed by atoms with van der Waals surface area (Å²) in [7, 11) is -3.78. The minimum absolute atomic E-state index is 0.122. The molecule has 0 unspecified atom stereocenters. The number of sulfonamides is 1. The van der Waals surface area contributed by atoms with E-state index in [9.17, 15) is 13.2 Å². The zero-order chi connectivity index (χ0) is 21.2. The minimum atomic E-state index is -3.78. The molecule has 2 aliphatic heterocycles. The van der Waals surface area contributed by atoms with Crippen molar-refractivity contribution in [2.24, 2.45) is 0 Å². The Balaban J connectivity index is 1.50. The van der Waals surface area contributed by atoms with Crippen molar-refractivity contribution in [1.29, 1.82) is 0 Å². The van der Waals surface area contributed by atoms with Gasteiger partial charge in [0, 0.05) is 38.5 Å². The van der Waals surface area contributed by atoms with E-state index in [-0.39, 0.29) is 10.8 Å². The zero-order valence-corrected chi connectivity index (χ0v) is 17.6. The summed E-state index contributed by atoms with van der Waals surface area (Å²) in [6.45, 7) is 4.07. The Kier molecular flexibility index (Phi) is 5.68. The molecule has 1 amide bonds. The number of hydrogen-bond donors (Lipinski definition) is 2. The molecule has 0 aromatic heterocycles. The number of nitrogens with zero attached hydrogens (tertiary/aromatic N) is 1. The molecule has 9 heteroatoms. The first-order valence-electron chi connectivity index (χ1n) is 9.89. The lowest BCUT2D eigenvalue weighted by molar-refractivity contribution is -0.169. The molecule has 0 radical (unpaired) electrons. The molecule has 8 nitrogen and oxygen atoms in total. The van der Waals surface area contributed by atoms with Crippen LogP contribution in [0.25, 0.3) is 0 Å². The van der Waals surface area contributed by atoms with E-state index < -0.39 is 15.8 Å². The molecule has 0 saturated carbocycles. The van der Waals surface area contributed by atoms with Gasteiger partial charge in [-0.2, -0.15) is 0 Å². The average Bonchev–Trinajstić information content (AvgIpc) is 3.17. The normalized spacial score (nSPS) is 18.4. The maximum Gasteiger partial charge on any atom is 0.261 e. The molecule has 2 N–H and O–H groups in total. The molecule has 0 atom stereocenters. The van der Waals surface area contributed by atoms with Crippen LogP contribution in [0.4, 0.5) is 17.1 Å². The number of piperidine rings is 1. The molecule has 2 heterocycles. The topological polar surface area (TPSA) is 97.0 Å². The van der Waals surface area contributed by atoms with Crippen molar-refractivity contribution in [3.8, 4) is 0 Å². The van der Waals surface area contributed by atoms with Gasteiger partial charge >= 0.3 is 0 Å². The van der Waals surface area contributed by atoms with E-state index >= 15 is 0 Å². The molecule has 2 aromatic rings. The van der Waals surface area contributed by atoms with Crippen molar-refractivity contribution in [2.75, 3.05) is 41.2 Å². The highest BCUT2D eigenvalue weighted by Gasteiger charge is 2.40. The minimum Gasteiger partial charge on any atom is -0.369 e. The molecule has 160 valence electrons. The first-order chi connectivity index (χ1) is 14.4. The third-order valence-corrected chi connectivity index (χ3v) is 6.69. The van der Waals surface area contributed by atoms with E-state index in [1.54, 1.807) is 24.3 Å². The van der Waals surface area contributed by atoms with Crippen molar-refractivity contribution in [1.82, 2.24) is 0 Å². The van der Waals surface area contributed by atoms with Gasteiger partial charge in [0.05, 0.1) is 29.5 Å². The van der Waals surface area contributed by atoms with E-state index in [0.717, 1.165) is 18.5 Å². The van der Waals surface area contributed by atoms with Crippen LogP contribution in [0.1, 0.15) is 19.8 Å². The molecule has 2 aliphatic rings. The number of para-hydroxylation sites is 2. The van der Waals surface area contributed by atoms with Gasteiger partial charge in [-0.15, -0.1) is 0 Å². The predicted octanol–water partition coefficient (Wildman–Crippen LogP) is 2.79. The zero-order valence-electron chi connectivity index (χ0n) is 16.8. The second-order valence-corrected chi connectivity index (χ2v) is 9.11. The SMILES string of the molecule is CC(=O)Nc1ccc(S(=O)(=O)Nc2ccccc2N2CCC3(CC2)OCCO3)cc1. The highest BCUT2D eigenvalue weighted by molar-refractivity contribution is 7.92. The maximum absolute atomic E-state index is 12.9. The van der Waals surface area contributed by atoms with E-state index in [1.807, 2.05) is 12.1 Å². The van der Waals surface area contributed by atoms with Gasteiger partial charge < -0.3 is 19.7 Å². The van der Waals surface area contributed by atoms with E-state index in [1.165, 1.54) is 19.1 Å². The molecule has 2 aromatic carbocycles. The lowest BCUT2D eigenvalue weighted by Crippen LogP contribution is -2.45. The lowest BCUT2D eigenvalue weighted by atomic mass is 10.0. The molecule has 0 bridgehead atoms. The number of rotatable bonds is 5. The number of amides is 1.